The zero-order chi connectivity index (χ0) is 11.7. The van der Waals surface area contributed by atoms with Crippen molar-refractivity contribution in [1.29, 1.82) is 0 Å². The second kappa shape index (κ2) is 9.36. The molecule has 3 nitrogen and oxygen atoms in total. The van der Waals surface area contributed by atoms with Crippen molar-refractivity contribution in [3.63, 3.8) is 0 Å². The van der Waals surface area contributed by atoms with Crippen molar-refractivity contribution in [3.8, 4) is 0 Å². The molecule has 0 amide bonds. The highest BCUT2D eigenvalue weighted by Gasteiger charge is 2.09. The largest absolute Gasteiger partial charge is 0.480 e. The van der Waals surface area contributed by atoms with Crippen molar-refractivity contribution >= 4 is 29.5 Å². The third-order valence-corrected chi connectivity index (χ3v) is 4.07. The summed E-state index contributed by atoms with van der Waals surface area (Å²) in [5.41, 5.74) is 5.38. The van der Waals surface area contributed by atoms with Crippen LogP contribution in [0.4, 0.5) is 0 Å². The van der Waals surface area contributed by atoms with Gasteiger partial charge in [-0.3, -0.25) is 4.79 Å². The van der Waals surface area contributed by atoms with Crippen LogP contribution in [0.2, 0.25) is 0 Å². The topological polar surface area (TPSA) is 63.3 Å². The number of carboxylic acid groups (broad SMARTS) is 1. The molecule has 90 valence electrons. The maximum Gasteiger partial charge on any atom is 0.320 e. The van der Waals surface area contributed by atoms with Gasteiger partial charge in [0.25, 0.3) is 0 Å². The summed E-state index contributed by atoms with van der Waals surface area (Å²) in [6.45, 7) is 4.40. The molecule has 0 spiro atoms. The van der Waals surface area contributed by atoms with Gasteiger partial charge in [0.05, 0.1) is 0 Å². The van der Waals surface area contributed by atoms with Gasteiger partial charge in [0.2, 0.25) is 0 Å². The highest BCUT2D eigenvalue weighted by atomic mass is 32.2. The van der Waals surface area contributed by atoms with Gasteiger partial charge in [-0.25, -0.2) is 0 Å². The van der Waals surface area contributed by atoms with Crippen molar-refractivity contribution in [2.45, 2.75) is 38.0 Å². The van der Waals surface area contributed by atoms with Gasteiger partial charge in [0, 0.05) is 0 Å². The van der Waals surface area contributed by atoms with Gasteiger partial charge in [0.15, 0.2) is 0 Å². The quantitative estimate of drug-likeness (QED) is 0.614. The Morgan fingerprint density at radius 2 is 2.00 bits per heavy atom. The van der Waals surface area contributed by atoms with E-state index in [0.717, 1.165) is 11.5 Å². The second-order valence-electron chi connectivity index (χ2n) is 3.62. The van der Waals surface area contributed by atoms with Crippen LogP contribution in [0, 0.1) is 0 Å². The average Bonchev–Trinajstić information content (AvgIpc) is 2.15. The van der Waals surface area contributed by atoms with E-state index in [9.17, 15) is 4.79 Å². The highest BCUT2D eigenvalue weighted by Crippen LogP contribution is 2.13. The van der Waals surface area contributed by atoms with E-state index in [1.165, 1.54) is 12.2 Å². The van der Waals surface area contributed by atoms with Crippen LogP contribution < -0.4 is 5.73 Å². The van der Waals surface area contributed by atoms with Crippen LogP contribution in [0.25, 0.3) is 0 Å². The van der Waals surface area contributed by atoms with Gasteiger partial charge in [-0.2, -0.15) is 23.5 Å². The van der Waals surface area contributed by atoms with E-state index >= 15 is 0 Å². The smallest absolute Gasteiger partial charge is 0.320 e. The Bertz CT molecular complexity index is 177. The lowest BCUT2D eigenvalue weighted by Gasteiger charge is -2.06. The molecule has 1 atom stereocenters. The summed E-state index contributed by atoms with van der Waals surface area (Å²) in [6, 6.07) is -0.692. The molecule has 5 heteroatoms. The Balaban J connectivity index is 3.15. The van der Waals surface area contributed by atoms with Gasteiger partial charge in [-0.1, -0.05) is 13.8 Å². The summed E-state index contributed by atoms with van der Waals surface area (Å²) in [4.78, 5) is 10.4. The number of hydrogen-bond donors (Lipinski definition) is 2. The van der Waals surface area contributed by atoms with Gasteiger partial charge in [-0.05, 0) is 35.4 Å². The Labute approximate surface area is 101 Å². The third kappa shape index (κ3) is 10.4. The molecule has 0 saturated heterocycles. The van der Waals surface area contributed by atoms with Crippen LogP contribution in [0.5, 0.6) is 0 Å². The molecule has 0 aromatic heterocycles. The summed E-state index contributed by atoms with van der Waals surface area (Å²) < 4.78 is 0. The predicted octanol–water partition coefficient (Wildman–Crippen LogP) is 2.05. The van der Waals surface area contributed by atoms with Gasteiger partial charge in [-0.15, -0.1) is 0 Å². The molecule has 0 aromatic rings. The zero-order valence-electron chi connectivity index (χ0n) is 9.44. The molecule has 0 unspecified atom stereocenters. The van der Waals surface area contributed by atoms with E-state index in [1.54, 1.807) is 11.8 Å². The lowest BCUT2D eigenvalue weighted by molar-refractivity contribution is -0.138. The molecule has 0 aliphatic carbocycles. The highest BCUT2D eigenvalue weighted by molar-refractivity contribution is 8.00. The fraction of sp³-hybridized carbons (Fsp3) is 0.900. The molecular formula is C10H21NO2S2. The fourth-order valence-electron chi connectivity index (χ4n) is 0.916. The molecule has 0 radical (unpaired) electrons. The second-order valence-corrected chi connectivity index (χ2v) is 6.53. The van der Waals surface area contributed by atoms with E-state index in [1.807, 2.05) is 11.8 Å². The molecule has 0 fully saturated rings. The first-order valence-electron chi connectivity index (χ1n) is 5.21. The molecule has 0 aliphatic heterocycles. The number of carbonyl (C=O) groups is 1. The van der Waals surface area contributed by atoms with Crippen molar-refractivity contribution < 1.29 is 9.90 Å². The summed E-state index contributed by atoms with van der Waals surface area (Å²) in [6.07, 6.45) is 1.76. The molecule has 0 rings (SSSR count). The summed E-state index contributed by atoms with van der Waals surface area (Å²) in [5, 5.41) is 9.25. The van der Waals surface area contributed by atoms with Crippen LogP contribution >= 0.6 is 23.5 Å². The van der Waals surface area contributed by atoms with Crippen LogP contribution in [0.1, 0.15) is 26.7 Å². The SMILES string of the molecule is CC(C)SCCCSCC[C@H](N)C(=O)O. The summed E-state index contributed by atoms with van der Waals surface area (Å²) >= 11 is 3.76. The van der Waals surface area contributed by atoms with Crippen molar-refractivity contribution in [1.82, 2.24) is 0 Å². The lowest BCUT2D eigenvalue weighted by atomic mass is 10.2. The normalized spacial score (nSPS) is 13.1. The lowest BCUT2D eigenvalue weighted by Crippen LogP contribution is -2.30. The first-order valence-corrected chi connectivity index (χ1v) is 7.42. The Kier molecular flexibility index (Phi) is 9.44. The molecule has 3 N–H and O–H groups in total. The summed E-state index contributed by atoms with van der Waals surface area (Å²) in [7, 11) is 0. The molecule has 0 aliphatic rings. The van der Waals surface area contributed by atoms with Crippen LogP contribution in [-0.4, -0.2) is 39.6 Å². The Morgan fingerprint density at radius 1 is 1.33 bits per heavy atom. The minimum atomic E-state index is -0.897. The van der Waals surface area contributed by atoms with Gasteiger partial charge in [0.1, 0.15) is 6.04 Å². The molecule has 0 heterocycles. The zero-order valence-corrected chi connectivity index (χ0v) is 11.1. The van der Waals surface area contributed by atoms with Crippen molar-refractivity contribution in [2.75, 3.05) is 17.3 Å². The van der Waals surface area contributed by atoms with Crippen molar-refractivity contribution in [2.24, 2.45) is 5.73 Å². The molecule has 0 saturated carbocycles. The number of hydrogen-bond acceptors (Lipinski definition) is 4. The molecular weight excluding hydrogens is 230 g/mol. The first kappa shape index (κ1) is 15.1. The maximum atomic E-state index is 10.4. The van der Waals surface area contributed by atoms with E-state index in [4.69, 9.17) is 10.8 Å². The van der Waals surface area contributed by atoms with Crippen LogP contribution in [0.15, 0.2) is 0 Å². The van der Waals surface area contributed by atoms with E-state index in [0.29, 0.717) is 11.7 Å². The van der Waals surface area contributed by atoms with Crippen molar-refractivity contribution in [3.05, 3.63) is 0 Å². The van der Waals surface area contributed by atoms with Crippen LogP contribution in [0.3, 0.4) is 0 Å². The van der Waals surface area contributed by atoms with Gasteiger partial charge < -0.3 is 10.8 Å². The summed E-state index contributed by atoms with van der Waals surface area (Å²) in [5.74, 6) is 2.24. The standard InChI is InChI=1S/C10H21NO2S2/c1-8(2)15-6-3-5-14-7-4-9(11)10(12)13/h8-9H,3-7,11H2,1-2H3,(H,12,13)/t9-/m0/s1. The first-order chi connectivity index (χ1) is 7.04. The Morgan fingerprint density at radius 3 is 2.53 bits per heavy atom. The van der Waals surface area contributed by atoms with Gasteiger partial charge >= 0.3 is 5.97 Å². The predicted molar refractivity (Wildman–Crippen MR) is 69.8 cm³/mol. The van der Waals surface area contributed by atoms with E-state index in [-0.39, 0.29) is 0 Å². The molecule has 0 bridgehead atoms. The third-order valence-electron chi connectivity index (χ3n) is 1.77. The minimum Gasteiger partial charge on any atom is -0.480 e. The van der Waals surface area contributed by atoms with Crippen LogP contribution in [-0.2, 0) is 4.79 Å². The number of thioether (sulfide) groups is 2. The number of carboxylic acids is 1. The number of aliphatic carboxylic acids is 1. The monoisotopic (exact) mass is 251 g/mol. The average molecular weight is 251 g/mol. The number of nitrogens with two attached hydrogens (primary N) is 1. The molecule has 15 heavy (non-hydrogen) atoms. The minimum absolute atomic E-state index is 0.567. The fourth-order valence-corrected chi connectivity index (χ4v) is 2.85. The Hall–Kier alpha value is 0.130. The van der Waals surface area contributed by atoms with E-state index in [2.05, 4.69) is 13.8 Å². The number of rotatable bonds is 9. The van der Waals surface area contributed by atoms with E-state index < -0.39 is 12.0 Å². The maximum absolute atomic E-state index is 10.4. The molecule has 0 aromatic carbocycles.